The van der Waals surface area contributed by atoms with Crippen LogP contribution in [0.1, 0.15) is 42.3 Å². The lowest BCUT2D eigenvalue weighted by Gasteiger charge is -2.19. The van der Waals surface area contributed by atoms with Crippen molar-refractivity contribution in [3.63, 3.8) is 0 Å². The van der Waals surface area contributed by atoms with Crippen molar-refractivity contribution in [1.82, 2.24) is 20.8 Å². The molecule has 2 aromatic heterocycles. The number of nitrogens with one attached hydrogen (secondary N) is 2. The number of carbonyl (C=O) groups excluding carboxylic acids is 2. The zero-order chi connectivity index (χ0) is 20.3. The molecule has 0 unspecified atom stereocenters. The Balaban J connectivity index is 1.53. The van der Waals surface area contributed by atoms with Gasteiger partial charge in [-0.3, -0.25) is 20.4 Å². The van der Waals surface area contributed by atoms with Gasteiger partial charge in [0, 0.05) is 5.56 Å². The predicted molar refractivity (Wildman–Crippen MR) is 114 cm³/mol. The summed E-state index contributed by atoms with van der Waals surface area (Å²) in [6.07, 6.45) is 1.51. The van der Waals surface area contributed by atoms with Crippen molar-refractivity contribution in [2.24, 2.45) is 0 Å². The first kappa shape index (κ1) is 20.3. The summed E-state index contributed by atoms with van der Waals surface area (Å²) in [5, 5.41) is 2.79. The van der Waals surface area contributed by atoms with Crippen molar-refractivity contribution in [3.8, 4) is 0 Å². The molecule has 0 atom stereocenters. The Labute approximate surface area is 172 Å². The smallest absolute Gasteiger partial charge is 0.269 e. The summed E-state index contributed by atoms with van der Waals surface area (Å²) in [5.74, 6) is -0.506. The van der Waals surface area contributed by atoms with Crippen LogP contribution in [-0.4, -0.2) is 27.5 Å². The van der Waals surface area contributed by atoms with E-state index in [9.17, 15) is 9.59 Å². The lowest BCUT2D eigenvalue weighted by atomic mass is 9.87. The van der Waals surface area contributed by atoms with Crippen LogP contribution in [0.2, 0.25) is 0 Å². The van der Waals surface area contributed by atoms with Gasteiger partial charge in [-0.15, -0.1) is 11.3 Å². The number of hydrogen-bond acceptors (Lipinski definition) is 6. The van der Waals surface area contributed by atoms with Crippen LogP contribution in [-0.2, 0) is 10.2 Å². The summed E-state index contributed by atoms with van der Waals surface area (Å²) in [4.78, 5) is 32.8. The van der Waals surface area contributed by atoms with Gasteiger partial charge >= 0.3 is 0 Å². The van der Waals surface area contributed by atoms with Gasteiger partial charge in [0.25, 0.3) is 5.91 Å². The summed E-state index contributed by atoms with van der Waals surface area (Å²) >= 11 is 2.88. The second-order valence-corrected chi connectivity index (χ2v) is 9.24. The van der Waals surface area contributed by atoms with Gasteiger partial charge in [-0.25, -0.2) is 9.97 Å². The third kappa shape index (κ3) is 4.69. The molecule has 0 bridgehead atoms. The van der Waals surface area contributed by atoms with Crippen LogP contribution < -0.4 is 10.9 Å². The Hall–Kier alpha value is -2.45. The van der Waals surface area contributed by atoms with E-state index in [4.69, 9.17) is 0 Å². The molecule has 0 spiro atoms. The molecule has 0 fully saturated rings. The molecule has 0 radical (unpaired) electrons. The number of nitrogens with zero attached hydrogens (tertiary/aromatic N) is 2. The highest BCUT2D eigenvalue weighted by Gasteiger charge is 2.15. The Morgan fingerprint density at radius 2 is 1.82 bits per heavy atom. The number of carbonyl (C=O) groups is 2. The maximum absolute atomic E-state index is 12.2. The van der Waals surface area contributed by atoms with Gasteiger partial charge in [-0.05, 0) is 41.0 Å². The number of aryl methyl sites for hydroxylation is 1. The van der Waals surface area contributed by atoms with Crippen LogP contribution in [0.15, 0.2) is 41.0 Å². The number of hydrazine groups is 1. The van der Waals surface area contributed by atoms with Crippen molar-refractivity contribution in [1.29, 1.82) is 0 Å². The molecule has 3 aromatic rings. The van der Waals surface area contributed by atoms with Gasteiger partial charge < -0.3 is 0 Å². The van der Waals surface area contributed by atoms with E-state index in [1.807, 2.05) is 24.4 Å². The van der Waals surface area contributed by atoms with E-state index in [-0.39, 0.29) is 23.0 Å². The Bertz CT molecular complexity index is 1010. The Kier molecular flexibility index (Phi) is 6.00. The number of thioether (sulfide) groups is 1. The van der Waals surface area contributed by atoms with Crippen molar-refractivity contribution in [2.75, 3.05) is 5.75 Å². The number of amides is 2. The van der Waals surface area contributed by atoms with E-state index in [2.05, 4.69) is 41.6 Å². The van der Waals surface area contributed by atoms with Crippen molar-refractivity contribution < 1.29 is 9.59 Å². The van der Waals surface area contributed by atoms with Gasteiger partial charge in [-0.1, -0.05) is 44.7 Å². The standard InChI is InChI=1S/C20H22N4O2S2/c1-12-9-27-17-16(12)21-11-22-19(17)28-10-15(25)23-24-18(26)13-5-7-14(8-6-13)20(2,3)4/h5-9,11H,10H2,1-4H3,(H,23,25)(H,24,26). The molecule has 0 aliphatic heterocycles. The highest BCUT2D eigenvalue weighted by molar-refractivity contribution is 8.00. The van der Waals surface area contributed by atoms with E-state index in [0.717, 1.165) is 26.4 Å². The number of aromatic nitrogens is 2. The molecular weight excluding hydrogens is 392 g/mol. The van der Waals surface area contributed by atoms with E-state index < -0.39 is 0 Å². The highest BCUT2D eigenvalue weighted by atomic mass is 32.2. The third-order valence-corrected chi connectivity index (χ3v) is 6.38. The molecule has 0 aliphatic rings. The topological polar surface area (TPSA) is 84.0 Å². The van der Waals surface area contributed by atoms with Crippen LogP contribution in [0.5, 0.6) is 0 Å². The lowest BCUT2D eigenvalue weighted by Crippen LogP contribution is -2.42. The number of benzene rings is 1. The second kappa shape index (κ2) is 8.28. The summed E-state index contributed by atoms with van der Waals surface area (Å²) in [6.45, 7) is 8.34. The average Bonchev–Trinajstić information content (AvgIpc) is 3.05. The van der Waals surface area contributed by atoms with Gasteiger partial charge in [0.1, 0.15) is 11.4 Å². The van der Waals surface area contributed by atoms with Crippen molar-refractivity contribution in [3.05, 3.63) is 52.7 Å². The Morgan fingerprint density at radius 1 is 1.11 bits per heavy atom. The fraction of sp³-hybridized carbons (Fsp3) is 0.300. The fourth-order valence-corrected chi connectivity index (χ4v) is 4.44. The van der Waals surface area contributed by atoms with Crippen LogP contribution in [0.3, 0.4) is 0 Å². The highest BCUT2D eigenvalue weighted by Crippen LogP contribution is 2.31. The first-order valence-electron chi connectivity index (χ1n) is 8.77. The first-order chi connectivity index (χ1) is 13.3. The summed E-state index contributed by atoms with van der Waals surface area (Å²) < 4.78 is 0.973. The average molecular weight is 415 g/mol. The molecule has 28 heavy (non-hydrogen) atoms. The molecule has 0 saturated heterocycles. The molecular formula is C20H22N4O2S2. The van der Waals surface area contributed by atoms with Gasteiger partial charge in [0.05, 0.1) is 16.0 Å². The zero-order valence-electron chi connectivity index (χ0n) is 16.2. The molecule has 2 heterocycles. The minimum Gasteiger partial charge on any atom is -0.272 e. The van der Waals surface area contributed by atoms with Crippen LogP contribution in [0.25, 0.3) is 10.2 Å². The van der Waals surface area contributed by atoms with Gasteiger partial charge in [0.2, 0.25) is 5.91 Å². The normalized spacial score (nSPS) is 11.4. The predicted octanol–water partition coefficient (Wildman–Crippen LogP) is 3.85. The number of fused-ring (bicyclic) bond motifs is 1. The van der Waals surface area contributed by atoms with Gasteiger partial charge in [-0.2, -0.15) is 0 Å². The van der Waals surface area contributed by atoms with Crippen LogP contribution >= 0.6 is 23.1 Å². The lowest BCUT2D eigenvalue weighted by molar-refractivity contribution is -0.119. The maximum atomic E-state index is 12.2. The zero-order valence-corrected chi connectivity index (χ0v) is 17.8. The fourth-order valence-electron chi connectivity index (χ4n) is 2.54. The third-order valence-electron chi connectivity index (χ3n) is 4.17. The minimum atomic E-state index is -0.350. The van der Waals surface area contributed by atoms with Crippen molar-refractivity contribution in [2.45, 2.75) is 38.1 Å². The van der Waals surface area contributed by atoms with E-state index in [0.29, 0.717) is 5.56 Å². The number of thiophene rings is 1. The van der Waals surface area contributed by atoms with Crippen LogP contribution in [0.4, 0.5) is 0 Å². The molecule has 2 N–H and O–H groups in total. The number of hydrogen-bond donors (Lipinski definition) is 2. The molecule has 0 saturated carbocycles. The molecule has 146 valence electrons. The summed E-state index contributed by atoms with van der Waals surface area (Å²) in [6, 6.07) is 7.37. The van der Waals surface area contributed by atoms with E-state index >= 15 is 0 Å². The monoisotopic (exact) mass is 414 g/mol. The van der Waals surface area contributed by atoms with E-state index in [1.54, 1.807) is 23.5 Å². The molecule has 1 aromatic carbocycles. The second-order valence-electron chi connectivity index (χ2n) is 7.39. The minimum absolute atomic E-state index is 0.0218. The van der Waals surface area contributed by atoms with Crippen molar-refractivity contribution >= 4 is 45.1 Å². The van der Waals surface area contributed by atoms with Gasteiger partial charge in [0.15, 0.2) is 0 Å². The summed E-state index contributed by atoms with van der Waals surface area (Å²) in [7, 11) is 0. The maximum Gasteiger partial charge on any atom is 0.269 e. The van der Waals surface area contributed by atoms with Crippen LogP contribution in [0, 0.1) is 6.92 Å². The summed E-state index contributed by atoms with van der Waals surface area (Å²) in [5.41, 5.74) is 8.57. The SMILES string of the molecule is Cc1csc2c(SCC(=O)NNC(=O)c3ccc(C(C)(C)C)cc3)ncnc12. The molecule has 3 rings (SSSR count). The number of rotatable bonds is 4. The molecule has 0 aliphatic carbocycles. The molecule has 2 amide bonds. The first-order valence-corrected chi connectivity index (χ1v) is 10.6. The quantitative estimate of drug-likeness (QED) is 0.385. The largest absolute Gasteiger partial charge is 0.272 e. The Morgan fingerprint density at radius 3 is 2.50 bits per heavy atom. The molecule has 6 nitrogen and oxygen atoms in total. The van der Waals surface area contributed by atoms with E-state index in [1.165, 1.54) is 18.1 Å². The molecule has 8 heteroatoms.